The highest BCUT2D eigenvalue weighted by Crippen LogP contribution is 2.32. The predicted molar refractivity (Wildman–Crippen MR) is 97.7 cm³/mol. The zero-order valence-corrected chi connectivity index (χ0v) is 14.6. The van der Waals surface area contributed by atoms with Crippen LogP contribution in [0.4, 0.5) is 10.1 Å². The summed E-state index contributed by atoms with van der Waals surface area (Å²) in [6, 6.07) is 15.9. The Balaban J connectivity index is 2.05. The largest absolute Gasteiger partial charge is 0.505 e. The van der Waals surface area contributed by atoms with Gasteiger partial charge in [0.15, 0.2) is 11.6 Å². The summed E-state index contributed by atoms with van der Waals surface area (Å²) in [5.74, 6) is -3.14. The zero-order valence-electron chi connectivity index (χ0n) is 13.8. The number of nitrogens with one attached hydrogen (secondary N) is 1. The van der Waals surface area contributed by atoms with Crippen LogP contribution in [0.1, 0.15) is 10.4 Å². The summed E-state index contributed by atoms with van der Waals surface area (Å²) in [6.45, 7) is 0. The molecule has 138 valence electrons. The van der Waals surface area contributed by atoms with Crippen LogP contribution in [-0.2, 0) is 10.0 Å². The molecule has 0 saturated carbocycles. The number of carboxylic acid groups (broad SMARTS) is 1. The van der Waals surface area contributed by atoms with Crippen LogP contribution in [0, 0.1) is 5.82 Å². The van der Waals surface area contributed by atoms with E-state index < -0.39 is 38.0 Å². The van der Waals surface area contributed by atoms with E-state index in [1.165, 1.54) is 24.3 Å². The minimum atomic E-state index is -4.42. The molecule has 0 heterocycles. The number of anilines is 1. The number of benzene rings is 3. The molecule has 8 heteroatoms. The van der Waals surface area contributed by atoms with Gasteiger partial charge >= 0.3 is 5.97 Å². The monoisotopic (exact) mass is 387 g/mol. The van der Waals surface area contributed by atoms with E-state index in [2.05, 4.69) is 0 Å². The average Bonchev–Trinajstić information content (AvgIpc) is 2.64. The molecule has 0 spiro atoms. The number of halogens is 1. The normalized spacial score (nSPS) is 11.1. The molecule has 0 amide bonds. The summed E-state index contributed by atoms with van der Waals surface area (Å²) in [5.41, 5.74) is -0.238. The van der Waals surface area contributed by atoms with Crippen LogP contribution in [0.15, 0.2) is 71.6 Å². The van der Waals surface area contributed by atoms with Crippen molar-refractivity contribution < 1.29 is 27.8 Å². The van der Waals surface area contributed by atoms with Gasteiger partial charge in [-0.05, 0) is 23.8 Å². The Bertz CT molecular complexity index is 1110. The van der Waals surface area contributed by atoms with E-state index in [4.69, 9.17) is 5.11 Å². The Kier molecular flexibility index (Phi) is 4.83. The first kappa shape index (κ1) is 18.4. The first-order valence-corrected chi connectivity index (χ1v) is 9.21. The second-order valence-electron chi connectivity index (χ2n) is 5.60. The Morgan fingerprint density at radius 3 is 2.26 bits per heavy atom. The van der Waals surface area contributed by atoms with Crippen molar-refractivity contribution in [2.24, 2.45) is 0 Å². The van der Waals surface area contributed by atoms with Crippen LogP contribution in [-0.4, -0.2) is 24.6 Å². The van der Waals surface area contributed by atoms with Crippen molar-refractivity contribution in [1.29, 1.82) is 0 Å². The average molecular weight is 387 g/mol. The predicted octanol–water partition coefficient (Wildman–Crippen LogP) is 3.70. The molecular weight excluding hydrogens is 373 g/mol. The first-order valence-electron chi connectivity index (χ1n) is 7.73. The lowest BCUT2D eigenvalue weighted by Crippen LogP contribution is -2.15. The molecule has 27 heavy (non-hydrogen) atoms. The lowest BCUT2D eigenvalue weighted by molar-refractivity contribution is 0.0694. The number of aromatic hydroxyl groups is 1. The second kappa shape index (κ2) is 7.08. The van der Waals surface area contributed by atoms with Crippen LogP contribution < -0.4 is 4.72 Å². The molecule has 0 atom stereocenters. The van der Waals surface area contributed by atoms with Crippen molar-refractivity contribution in [2.45, 2.75) is 4.90 Å². The molecule has 3 aromatic rings. The van der Waals surface area contributed by atoms with Crippen molar-refractivity contribution in [1.82, 2.24) is 0 Å². The van der Waals surface area contributed by atoms with Gasteiger partial charge in [-0.3, -0.25) is 4.72 Å². The number of para-hydroxylation sites is 1. The Morgan fingerprint density at radius 2 is 1.59 bits per heavy atom. The van der Waals surface area contributed by atoms with Crippen molar-refractivity contribution >= 4 is 21.7 Å². The molecule has 0 unspecified atom stereocenters. The van der Waals surface area contributed by atoms with Crippen LogP contribution in [0.5, 0.6) is 5.75 Å². The fourth-order valence-electron chi connectivity index (χ4n) is 2.56. The third kappa shape index (κ3) is 3.61. The minimum Gasteiger partial charge on any atom is -0.505 e. The van der Waals surface area contributed by atoms with E-state index in [0.717, 1.165) is 12.1 Å². The molecule has 0 bridgehead atoms. The van der Waals surface area contributed by atoms with E-state index in [1.807, 2.05) is 4.72 Å². The van der Waals surface area contributed by atoms with Crippen molar-refractivity contribution in [3.05, 3.63) is 78.1 Å². The lowest BCUT2D eigenvalue weighted by atomic mass is 10.1. The Morgan fingerprint density at radius 1 is 0.926 bits per heavy atom. The first-order chi connectivity index (χ1) is 12.8. The van der Waals surface area contributed by atoms with Crippen molar-refractivity contribution in [3.63, 3.8) is 0 Å². The second-order valence-corrected chi connectivity index (χ2v) is 7.25. The van der Waals surface area contributed by atoms with Gasteiger partial charge in [0.05, 0.1) is 5.69 Å². The van der Waals surface area contributed by atoms with Gasteiger partial charge in [-0.15, -0.1) is 0 Å². The van der Waals surface area contributed by atoms with Crippen LogP contribution in [0.3, 0.4) is 0 Å². The lowest BCUT2D eigenvalue weighted by Gasteiger charge is -2.13. The topological polar surface area (TPSA) is 104 Å². The molecule has 3 rings (SSSR count). The molecule has 0 radical (unpaired) electrons. The van der Waals surface area contributed by atoms with Crippen molar-refractivity contribution in [2.75, 3.05) is 4.72 Å². The number of rotatable bonds is 5. The van der Waals surface area contributed by atoms with E-state index in [1.54, 1.807) is 30.3 Å². The Labute approximate surface area is 154 Å². The third-order valence-corrected chi connectivity index (χ3v) is 5.23. The molecule has 0 fully saturated rings. The quantitative estimate of drug-likeness (QED) is 0.579. The maximum atomic E-state index is 14.9. The van der Waals surface area contributed by atoms with Crippen LogP contribution >= 0.6 is 0 Å². The van der Waals surface area contributed by atoms with Gasteiger partial charge in [0.25, 0.3) is 10.0 Å². The molecule has 0 aliphatic heterocycles. The highest BCUT2D eigenvalue weighted by Gasteiger charge is 2.24. The van der Waals surface area contributed by atoms with Crippen LogP contribution in [0.2, 0.25) is 0 Å². The molecule has 0 aromatic heterocycles. The summed E-state index contributed by atoms with van der Waals surface area (Å²) >= 11 is 0. The SMILES string of the molecule is O=C(O)c1cccc(NS(=O)(=O)c2cccc(-c3ccccc3)c2F)c1O. The van der Waals surface area contributed by atoms with Gasteiger partial charge in [-0.2, -0.15) is 0 Å². The smallest absolute Gasteiger partial charge is 0.339 e. The van der Waals surface area contributed by atoms with Crippen molar-refractivity contribution in [3.8, 4) is 16.9 Å². The number of phenols is 1. The fraction of sp³-hybridized carbons (Fsp3) is 0. The summed E-state index contributed by atoms with van der Waals surface area (Å²) in [6.07, 6.45) is 0. The minimum absolute atomic E-state index is 0.0991. The standard InChI is InChI=1S/C19H14FNO5S/c20-17-13(12-6-2-1-3-7-12)8-5-11-16(17)27(25,26)21-15-10-4-9-14(18(15)22)19(23)24/h1-11,21-22H,(H,23,24). The van der Waals surface area contributed by atoms with Gasteiger partial charge in [0.1, 0.15) is 10.5 Å². The molecule has 0 aliphatic rings. The Hall–Kier alpha value is -3.39. The molecule has 0 aliphatic carbocycles. The van der Waals surface area contributed by atoms with Crippen LogP contribution in [0.25, 0.3) is 11.1 Å². The number of carbonyl (C=O) groups is 1. The molecule has 0 saturated heterocycles. The van der Waals surface area contributed by atoms with E-state index in [9.17, 15) is 22.7 Å². The van der Waals surface area contributed by atoms with E-state index in [-0.39, 0.29) is 11.3 Å². The van der Waals surface area contributed by atoms with E-state index >= 15 is 0 Å². The summed E-state index contributed by atoms with van der Waals surface area (Å²) < 4.78 is 42.2. The van der Waals surface area contributed by atoms with E-state index in [0.29, 0.717) is 5.56 Å². The maximum absolute atomic E-state index is 14.9. The van der Waals surface area contributed by atoms with Gasteiger partial charge in [-0.1, -0.05) is 48.5 Å². The number of aromatic carboxylic acids is 1. The fourth-order valence-corrected chi connectivity index (χ4v) is 3.72. The molecular formula is C19H14FNO5S. The molecule has 3 N–H and O–H groups in total. The number of hydrogen-bond donors (Lipinski definition) is 3. The molecule has 3 aromatic carbocycles. The highest BCUT2D eigenvalue weighted by molar-refractivity contribution is 7.92. The number of carboxylic acids is 1. The van der Waals surface area contributed by atoms with Gasteiger partial charge in [-0.25, -0.2) is 17.6 Å². The number of sulfonamides is 1. The molecule has 6 nitrogen and oxygen atoms in total. The highest BCUT2D eigenvalue weighted by atomic mass is 32.2. The number of hydrogen-bond acceptors (Lipinski definition) is 4. The summed E-state index contributed by atoms with van der Waals surface area (Å²) in [4.78, 5) is 10.4. The maximum Gasteiger partial charge on any atom is 0.339 e. The summed E-state index contributed by atoms with van der Waals surface area (Å²) in [7, 11) is -4.42. The summed E-state index contributed by atoms with van der Waals surface area (Å²) in [5, 5.41) is 19.0. The van der Waals surface area contributed by atoms with Gasteiger partial charge < -0.3 is 10.2 Å². The third-order valence-electron chi connectivity index (χ3n) is 3.85. The zero-order chi connectivity index (χ0) is 19.6. The van der Waals surface area contributed by atoms with Gasteiger partial charge in [0.2, 0.25) is 0 Å². The van der Waals surface area contributed by atoms with Gasteiger partial charge in [0, 0.05) is 5.56 Å².